The van der Waals surface area contributed by atoms with E-state index < -0.39 is 0 Å². The van der Waals surface area contributed by atoms with Crippen LogP contribution in [0.3, 0.4) is 0 Å². The molecule has 0 radical (unpaired) electrons. The van der Waals surface area contributed by atoms with Gasteiger partial charge in [0.15, 0.2) is 5.58 Å². The maximum absolute atomic E-state index is 13.2. The number of nitrogens with zero attached hydrogens (tertiary/aromatic N) is 2. The summed E-state index contributed by atoms with van der Waals surface area (Å²) in [6, 6.07) is 14.5. The smallest absolute Gasteiger partial charge is 0.253 e. The van der Waals surface area contributed by atoms with E-state index in [-0.39, 0.29) is 24.4 Å². The minimum atomic E-state index is -0.0758. The average molecular weight is 442 g/mol. The Bertz CT molecular complexity index is 1070. The van der Waals surface area contributed by atoms with Gasteiger partial charge in [-0.1, -0.05) is 24.6 Å². The number of oxazole rings is 1. The van der Waals surface area contributed by atoms with E-state index >= 15 is 0 Å². The number of aromatic nitrogens is 1. The number of rotatable bonds is 4. The molecule has 2 saturated heterocycles. The van der Waals surface area contributed by atoms with Gasteiger partial charge in [0.1, 0.15) is 11.3 Å². The predicted octanol–water partition coefficient (Wildman–Crippen LogP) is 4.67. The lowest BCUT2D eigenvalue weighted by Crippen LogP contribution is -2.55. The molecule has 2 unspecified atom stereocenters. The summed E-state index contributed by atoms with van der Waals surface area (Å²) in [6.07, 6.45) is 5.77. The summed E-state index contributed by atoms with van der Waals surface area (Å²) in [6.45, 7) is 0. The topological polar surface area (TPSA) is 67.6 Å². The zero-order chi connectivity index (χ0) is 20.7. The normalized spacial score (nSPS) is 23.2. The number of fused-ring (bicyclic) bond motifs is 3. The molecule has 2 aromatic carbocycles. The highest BCUT2D eigenvalue weighted by Gasteiger charge is 2.36. The van der Waals surface area contributed by atoms with Crippen molar-refractivity contribution in [2.45, 2.75) is 50.2 Å². The second-order valence-corrected chi connectivity index (χ2v) is 8.42. The van der Waals surface area contributed by atoms with Crippen molar-refractivity contribution < 1.29 is 13.9 Å². The lowest BCUT2D eigenvalue weighted by atomic mass is 9.82. The van der Waals surface area contributed by atoms with Gasteiger partial charge in [-0.2, -0.15) is 0 Å². The molecule has 164 valence electrons. The Morgan fingerprint density at radius 1 is 1.13 bits per heavy atom. The van der Waals surface area contributed by atoms with Gasteiger partial charge < -0.3 is 19.4 Å². The molecule has 0 aliphatic carbocycles. The number of piperidine rings is 2. The van der Waals surface area contributed by atoms with Crippen LogP contribution in [0.4, 0.5) is 0 Å². The molecular formula is C24H28ClN3O3. The zero-order valence-corrected chi connectivity index (χ0v) is 18.7. The lowest BCUT2D eigenvalue weighted by molar-refractivity contribution is 0.0463. The predicted molar refractivity (Wildman–Crippen MR) is 123 cm³/mol. The van der Waals surface area contributed by atoms with Crippen LogP contribution in [0.25, 0.3) is 22.6 Å². The van der Waals surface area contributed by atoms with Gasteiger partial charge in [-0.15, -0.1) is 12.4 Å². The molecule has 3 heterocycles. The van der Waals surface area contributed by atoms with Gasteiger partial charge in [0.2, 0.25) is 5.89 Å². The number of halogens is 1. The van der Waals surface area contributed by atoms with E-state index in [0.29, 0.717) is 40.4 Å². The summed E-state index contributed by atoms with van der Waals surface area (Å²) in [4.78, 5) is 20.3. The Morgan fingerprint density at radius 2 is 1.87 bits per heavy atom. The number of hydrogen-bond donors (Lipinski definition) is 1. The van der Waals surface area contributed by atoms with Crippen LogP contribution < -0.4 is 10.1 Å². The second kappa shape index (κ2) is 8.89. The molecule has 0 saturated carbocycles. The molecule has 1 aromatic heterocycles. The van der Waals surface area contributed by atoms with Crippen molar-refractivity contribution in [2.24, 2.45) is 0 Å². The first-order chi connectivity index (χ1) is 14.6. The third-order valence-electron chi connectivity index (χ3n) is 6.68. The molecule has 2 bridgehead atoms. The van der Waals surface area contributed by atoms with Crippen molar-refractivity contribution in [2.75, 3.05) is 14.2 Å². The summed E-state index contributed by atoms with van der Waals surface area (Å²) in [7, 11) is 3.85. The third kappa shape index (κ3) is 4.02. The van der Waals surface area contributed by atoms with Crippen LogP contribution in [0.5, 0.6) is 5.75 Å². The molecule has 2 aliphatic heterocycles. The Kier molecular flexibility index (Phi) is 6.21. The van der Waals surface area contributed by atoms with Crippen molar-refractivity contribution in [3.63, 3.8) is 0 Å². The molecule has 7 heteroatoms. The van der Waals surface area contributed by atoms with Crippen LogP contribution in [0, 0.1) is 0 Å². The van der Waals surface area contributed by atoms with Crippen molar-refractivity contribution in [3.8, 4) is 17.2 Å². The van der Waals surface area contributed by atoms with Crippen molar-refractivity contribution in [1.82, 2.24) is 15.2 Å². The van der Waals surface area contributed by atoms with Gasteiger partial charge >= 0.3 is 0 Å². The number of para-hydroxylation sites is 2. The van der Waals surface area contributed by atoms with Gasteiger partial charge in [-0.3, -0.25) is 4.79 Å². The minimum Gasteiger partial charge on any atom is -0.496 e. The van der Waals surface area contributed by atoms with Crippen LogP contribution in [-0.2, 0) is 0 Å². The number of hydrogen-bond acceptors (Lipinski definition) is 5. The first kappa shape index (κ1) is 21.7. The number of amides is 1. The highest BCUT2D eigenvalue weighted by atomic mass is 35.5. The van der Waals surface area contributed by atoms with E-state index in [1.54, 1.807) is 7.11 Å². The molecule has 2 fully saturated rings. The monoisotopic (exact) mass is 441 g/mol. The summed E-state index contributed by atoms with van der Waals surface area (Å²) in [5, 5.41) is 3.28. The van der Waals surface area contributed by atoms with E-state index in [1.165, 1.54) is 19.3 Å². The molecule has 1 amide bonds. The Balaban J connectivity index is 0.00000231. The van der Waals surface area contributed by atoms with Gasteiger partial charge in [0.05, 0.1) is 18.2 Å². The average Bonchev–Trinajstić information content (AvgIpc) is 3.18. The van der Waals surface area contributed by atoms with E-state index in [1.807, 2.05) is 42.5 Å². The molecule has 2 aliphatic rings. The summed E-state index contributed by atoms with van der Waals surface area (Å²) in [5.74, 6) is 1.07. The van der Waals surface area contributed by atoms with Crippen LogP contribution in [-0.4, -0.2) is 48.1 Å². The van der Waals surface area contributed by atoms with Gasteiger partial charge in [0, 0.05) is 18.1 Å². The molecular weight excluding hydrogens is 414 g/mol. The molecule has 5 rings (SSSR count). The minimum absolute atomic E-state index is 0. The fourth-order valence-electron chi connectivity index (χ4n) is 5.07. The largest absolute Gasteiger partial charge is 0.496 e. The maximum atomic E-state index is 13.2. The molecule has 3 aromatic rings. The number of nitrogens with one attached hydrogen (secondary N) is 1. The highest BCUT2D eigenvalue weighted by Crippen LogP contribution is 2.34. The summed E-state index contributed by atoms with van der Waals surface area (Å²) in [5.41, 5.74) is 2.51. The number of methoxy groups -OCH3 is 1. The van der Waals surface area contributed by atoms with E-state index in [9.17, 15) is 4.79 Å². The standard InChI is InChI=1S/C24H27N3O3.ClH/c1-27-16-7-5-8-17(27)14-15(13-16)25-23(28)19-10-6-12-21-22(19)26-24(30-21)18-9-3-4-11-20(18)29-2;/h3-4,6,9-12,15-17H,5,7-8,13-14H2,1-2H3,(H,25,28);1H. The number of benzene rings is 2. The number of ether oxygens (including phenoxy) is 1. The van der Waals surface area contributed by atoms with Crippen LogP contribution in [0.15, 0.2) is 46.9 Å². The molecule has 2 atom stereocenters. The molecule has 0 spiro atoms. The van der Waals surface area contributed by atoms with Crippen molar-refractivity contribution in [3.05, 3.63) is 48.0 Å². The zero-order valence-electron chi connectivity index (χ0n) is 17.8. The van der Waals surface area contributed by atoms with E-state index in [2.05, 4.69) is 22.2 Å². The Hall–Kier alpha value is -2.57. The van der Waals surface area contributed by atoms with Gasteiger partial charge in [0.25, 0.3) is 5.91 Å². The molecule has 6 nitrogen and oxygen atoms in total. The van der Waals surface area contributed by atoms with Crippen molar-refractivity contribution in [1.29, 1.82) is 0 Å². The van der Waals surface area contributed by atoms with Crippen LogP contribution >= 0.6 is 12.4 Å². The quantitative estimate of drug-likeness (QED) is 0.637. The SMILES string of the molecule is COc1ccccc1-c1nc2c(C(=O)NC3CC4CCCC(C3)N4C)cccc2o1.Cl. The maximum Gasteiger partial charge on any atom is 0.253 e. The Labute approximate surface area is 188 Å². The van der Waals surface area contributed by atoms with E-state index in [0.717, 1.165) is 18.4 Å². The Morgan fingerprint density at radius 3 is 2.61 bits per heavy atom. The van der Waals surface area contributed by atoms with Crippen LogP contribution in [0.2, 0.25) is 0 Å². The fourth-order valence-corrected chi connectivity index (χ4v) is 5.07. The third-order valence-corrected chi connectivity index (χ3v) is 6.68. The first-order valence-corrected chi connectivity index (χ1v) is 10.7. The first-order valence-electron chi connectivity index (χ1n) is 10.7. The second-order valence-electron chi connectivity index (χ2n) is 8.42. The lowest BCUT2D eigenvalue weighted by Gasteiger charge is -2.47. The van der Waals surface area contributed by atoms with Crippen LogP contribution in [0.1, 0.15) is 42.5 Å². The number of carbonyl (C=O) groups is 1. The van der Waals surface area contributed by atoms with Gasteiger partial charge in [-0.05, 0) is 57.0 Å². The number of carbonyl (C=O) groups excluding carboxylic acids is 1. The fraction of sp³-hybridized carbons (Fsp3) is 0.417. The van der Waals surface area contributed by atoms with Crippen molar-refractivity contribution >= 4 is 29.4 Å². The highest BCUT2D eigenvalue weighted by molar-refractivity contribution is 6.05. The summed E-state index contributed by atoms with van der Waals surface area (Å²) < 4.78 is 11.4. The molecule has 1 N–H and O–H groups in total. The summed E-state index contributed by atoms with van der Waals surface area (Å²) >= 11 is 0. The van der Waals surface area contributed by atoms with E-state index in [4.69, 9.17) is 9.15 Å². The molecule has 31 heavy (non-hydrogen) atoms. The van der Waals surface area contributed by atoms with Gasteiger partial charge in [-0.25, -0.2) is 4.98 Å².